The maximum Gasteiger partial charge on any atom is 0.317 e. The van der Waals surface area contributed by atoms with Crippen LogP contribution in [0.5, 0.6) is 5.75 Å². The topological polar surface area (TPSA) is 58.6 Å². The summed E-state index contributed by atoms with van der Waals surface area (Å²) in [6.07, 6.45) is 5.54. The molecule has 2 atom stereocenters. The summed E-state index contributed by atoms with van der Waals surface area (Å²) < 4.78 is 18.8. The minimum Gasteiger partial charge on any atom is -0.452 e. The summed E-state index contributed by atoms with van der Waals surface area (Å²) in [6.45, 7) is 1.98. The first-order chi connectivity index (χ1) is 11.1. The number of allylic oxidation sites excluding steroid dienone is 4. The highest BCUT2D eigenvalue weighted by Gasteiger charge is 2.19. The number of alkyl halides is 1. The molecular formula is C18H20FNO3. The maximum absolute atomic E-state index is 13.9. The first-order valence-electron chi connectivity index (χ1n) is 7.45. The lowest BCUT2D eigenvalue weighted by Gasteiger charge is -2.16. The molecule has 2 N–H and O–H groups in total. The average Bonchev–Trinajstić information content (AvgIpc) is 2.55. The van der Waals surface area contributed by atoms with Gasteiger partial charge in [-0.2, -0.15) is 4.39 Å². The van der Waals surface area contributed by atoms with Gasteiger partial charge in [-0.05, 0) is 36.1 Å². The lowest BCUT2D eigenvalue weighted by atomic mass is 9.95. The van der Waals surface area contributed by atoms with E-state index < -0.39 is 12.3 Å². The van der Waals surface area contributed by atoms with Gasteiger partial charge in [-0.25, -0.2) is 0 Å². The first kappa shape index (κ1) is 17.0. The Hall–Kier alpha value is -2.40. The van der Waals surface area contributed by atoms with Gasteiger partial charge in [0.1, 0.15) is 5.75 Å². The highest BCUT2D eigenvalue weighted by molar-refractivity contribution is 5.81. The standard InChI is InChI=1S/C18H20FNO3/c1-13-10-11-15(7-5-6-14(13)12-21)20-18(22)17(19)23-16-8-3-2-4-9-16/h2-9,11,13,17,21H,10,12H2,1H3,(H,20,22)/b7-5-,14-6-,15-11-. The third-order valence-electron chi connectivity index (χ3n) is 3.55. The van der Waals surface area contributed by atoms with Gasteiger partial charge in [0, 0.05) is 5.70 Å². The van der Waals surface area contributed by atoms with Crippen LogP contribution >= 0.6 is 0 Å². The summed E-state index contributed by atoms with van der Waals surface area (Å²) in [6, 6.07) is 8.34. The maximum atomic E-state index is 13.9. The fourth-order valence-corrected chi connectivity index (χ4v) is 2.14. The van der Waals surface area contributed by atoms with Crippen molar-refractivity contribution in [3.63, 3.8) is 0 Å². The monoisotopic (exact) mass is 317 g/mol. The van der Waals surface area contributed by atoms with Crippen molar-refractivity contribution in [2.45, 2.75) is 19.7 Å². The summed E-state index contributed by atoms with van der Waals surface area (Å²) >= 11 is 0. The second-order valence-corrected chi connectivity index (χ2v) is 5.29. The Morgan fingerprint density at radius 1 is 1.43 bits per heavy atom. The number of halogens is 1. The molecule has 1 aliphatic carbocycles. The highest BCUT2D eigenvalue weighted by Crippen LogP contribution is 2.18. The number of amides is 1. The Morgan fingerprint density at radius 2 is 2.17 bits per heavy atom. The van der Waals surface area contributed by atoms with Gasteiger partial charge >= 0.3 is 6.36 Å². The number of ether oxygens (including phenoxy) is 1. The molecular weight excluding hydrogens is 297 g/mol. The summed E-state index contributed by atoms with van der Waals surface area (Å²) in [5.41, 5.74) is 1.42. The number of hydrogen-bond acceptors (Lipinski definition) is 3. The smallest absolute Gasteiger partial charge is 0.317 e. The zero-order valence-electron chi connectivity index (χ0n) is 12.9. The number of nitrogens with one attached hydrogen (secondary N) is 1. The summed E-state index contributed by atoms with van der Waals surface area (Å²) in [5, 5.41) is 11.7. The van der Waals surface area contributed by atoms with Crippen LogP contribution < -0.4 is 10.1 Å². The number of hydrogen-bond donors (Lipinski definition) is 2. The number of rotatable bonds is 5. The average molecular weight is 317 g/mol. The molecule has 0 radical (unpaired) electrons. The molecule has 0 spiro atoms. The van der Waals surface area contributed by atoms with E-state index in [4.69, 9.17) is 4.74 Å². The van der Waals surface area contributed by atoms with Crippen molar-refractivity contribution in [1.29, 1.82) is 0 Å². The van der Waals surface area contributed by atoms with Gasteiger partial charge in [0.15, 0.2) is 0 Å². The van der Waals surface area contributed by atoms with Crippen LogP contribution in [-0.2, 0) is 4.79 Å². The zero-order valence-corrected chi connectivity index (χ0v) is 12.9. The van der Waals surface area contributed by atoms with Gasteiger partial charge in [0.2, 0.25) is 0 Å². The van der Waals surface area contributed by atoms with Crippen LogP contribution in [0.1, 0.15) is 13.3 Å². The summed E-state index contributed by atoms with van der Waals surface area (Å²) in [4.78, 5) is 11.9. The van der Waals surface area contributed by atoms with E-state index in [2.05, 4.69) is 5.32 Å². The Kier molecular flexibility index (Phi) is 6.11. The molecule has 0 heterocycles. The van der Waals surface area contributed by atoms with Crippen molar-refractivity contribution in [3.05, 3.63) is 65.9 Å². The largest absolute Gasteiger partial charge is 0.452 e. The van der Waals surface area contributed by atoms with Gasteiger partial charge in [0.05, 0.1) is 6.61 Å². The molecule has 2 rings (SSSR count). The van der Waals surface area contributed by atoms with Crippen molar-refractivity contribution in [3.8, 4) is 5.75 Å². The lowest BCUT2D eigenvalue weighted by molar-refractivity contribution is -0.134. The van der Waals surface area contributed by atoms with Crippen LogP contribution in [0.4, 0.5) is 4.39 Å². The number of aliphatic hydroxyl groups excluding tert-OH is 1. The molecule has 1 aliphatic rings. The quantitative estimate of drug-likeness (QED) is 0.878. The third kappa shape index (κ3) is 5.07. The van der Waals surface area contributed by atoms with Crippen LogP contribution in [-0.4, -0.2) is 24.0 Å². The molecule has 1 aromatic carbocycles. The number of carbonyl (C=O) groups excluding carboxylic acids is 1. The van der Waals surface area contributed by atoms with E-state index in [9.17, 15) is 14.3 Å². The molecule has 5 heteroatoms. The molecule has 0 fully saturated rings. The molecule has 4 nitrogen and oxygen atoms in total. The molecule has 0 bridgehead atoms. The van der Waals surface area contributed by atoms with Crippen molar-refractivity contribution in [2.75, 3.05) is 6.61 Å². The Bertz CT molecular complexity index is 622. The number of para-hydroxylation sites is 1. The number of carbonyl (C=O) groups is 1. The summed E-state index contributed by atoms with van der Waals surface area (Å²) in [5.74, 6) is -0.413. The van der Waals surface area contributed by atoms with Crippen LogP contribution in [0.3, 0.4) is 0 Å². The van der Waals surface area contributed by atoms with Crippen LogP contribution in [0, 0.1) is 5.92 Å². The Balaban J connectivity index is 1.97. The lowest BCUT2D eigenvalue weighted by Crippen LogP contribution is -2.34. The van der Waals surface area contributed by atoms with E-state index in [1.807, 2.05) is 6.92 Å². The van der Waals surface area contributed by atoms with Gasteiger partial charge in [-0.15, -0.1) is 0 Å². The van der Waals surface area contributed by atoms with Crippen LogP contribution in [0.15, 0.2) is 65.9 Å². The van der Waals surface area contributed by atoms with Crippen molar-refractivity contribution in [2.24, 2.45) is 5.92 Å². The fourth-order valence-electron chi connectivity index (χ4n) is 2.14. The molecule has 122 valence electrons. The van der Waals surface area contributed by atoms with Crippen LogP contribution in [0.25, 0.3) is 0 Å². The first-order valence-corrected chi connectivity index (χ1v) is 7.45. The minimum absolute atomic E-state index is 0.00148. The van der Waals surface area contributed by atoms with E-state index in [1.54, 1.807) is 54.6 Å². The number of benzene rings is 1. The van der Waals surface area contributed by atoms with E-state index in [0.717, 1.165) is 5.57 Å². The number of aliphatic hydroxyl groups is 1. The SMILES string of the molecule is CC1C/C=C(NC(=O)C(F)Oc2ccccc2)/C=C\C=C/1CO. The second-order valence-electron chi connectivity index (χ2n) is 5.29. The third-order valence-corrected chi connectivity index (χ3v) is 3.55. The molecule has 0 aromatic heterocycles. The van der Waals surface area contributed by atoms with Gasteiger partial charge in [-0.3, -0.25) is 4.79 Å². The predicted octanol–water partition coefficient (Wildman–Crippen LogP) is 2.88. The predicted molar refractivity (Wildman–Crippen MR) is 86.3 cm³/mol. The van der Waals surface area contributed by atoms with E-state index in [0.29, 0.717) is 17.9 Å². The second kappa shape index (κ2) is 8.29. The molecule has 2 unspecified atom stereocenters. The molecule has 1 aromatic rings. The van der Waals surface area contributed by atoms with E-state index in [1.165, 1.54) is 0 Å². The summed E-state index contributed by atoms with van der Waals surface area (Å²) in [7, 11) is 0. The molecule has 0 saturated heterocycles. The van der Waals surface area contributed by atoms with E-state index in [-0.39, 0.29) is 12.5 Å². The van der Waals surface area contributed by atoms with Gasteiger partial charge in [-0.1, -0.05) is 43.4 Å². The zero-order chi connectivity index (χ0) is 16.7. The Labute approximate surface area is 135 Å². The van der Waals surface area contributed by atoms with Crippen molar-refractivity contribution >= 4 is 5.91 Å². The molecule has 0 saturated carbocycles. The van der Waals surface area contributed by atoms with E-state index >= 15 is 0 Å². The highest BCUT2D eigenvalue weighted by atomic mass is 19.1. The van der Waals surface area contributed by atoms with Crippen molar-refractivity contribution in [1.82, 2.24) is 5.32 Å². The molecule has 1 amide bonds. The van der Waals surface area contributed by atoms with Gasteiger partial charge in [0.25, 0.3) is 5.91 Å². The van der Waals surface area contributed by atoms with Gasteiger partial charge < -0.3 is 15.2 Å². The van der Waals surface area contributed by atoms with Crippen LogP contribution in [0.2, 0.25) is 0 Å². The molecule has 23 heavy (non-hydrogen) atoms. The minimum atomic E-state index is -2.09. The van der Waals surface area contributed by atoms with Crippen molar-refractivity contribution < 1.29 is 19.0 Å². The fraction of sp³-hybridized carbons (Fsp3) is 0.278. The normalized spacial score (nSPS) is 24.9. The Morgan fingerprint density at radius 3 is 2.87 bits per heavy atom. The molecule has 0 aliphatic heterocycles.